The molecule has 2 N–H and O–H groups in total. The van der Waals surface area contributed by atoms with Crippen LogP contribution in [0.4, 0.5) is 0 Å². The molecule has 0 amide bonds. The molecule has 108 valence electrons. The average molecular weight is 298 g/mol. The van der Waals surface area contributed by atoms with Crippen LogP contribution in [-0.4, -0.2) is 54.2 Å². The fourth-order valence-corrected chi connectivity index (χ4v) is 5.02. The summed E-state index contributed by atoms with van der Waals surface area (Å²) in [5.74, 6) is 0.326. The van der Waals surface area contributed by atoms with Crippen molar-refractivity contribution in [2.75, 3.05) is 37.4 Å². The van der Waals surface area contributed by atoms with Crippen LogP contribution >= 0.6 is 0 Å². The summed E-state index contributed by atoms with van der Waals surface area (Å²) < 4.78 is 48.2. The van der Waals surface area contributed by atoms with Crippen molar-refractivity contribution in [3.05, 3.63) is 0 Å². The topological polar surface area (TPSA) is 92.3 Å². The molecule has 0 aromatic heterocycles. The number of hydrogen-bond acceptors (Lipinski definition) is 5. The molecule has 0 bridgehead atoms. The minimum absolute atomic E-state index is 0.0675. The Morgan fingerprint density at radius 1 is 1.28 bits per heavy atom. The Labute approximate surface area is 110 Å². The number of sulfone groups is 1. The van der Waals surface area contributed by atoms with Gasteiger partial charge in [0.25, 0.3) is 0 Å². The lowest BCUT2D eigenvalue weighted by molar-refractivity contribution is 0.540. The third-order valence-electron chi connectivity index (χ3n) is 3.01. The highest BCUT2D eigenvalue weighted by atomic mass is 32.2. The summed E-state index contributed by atoms with van der Waals surface area (Å²) in [6.45, 7) is 1.05. The highest BCUT2D eigenvalue weighted by Crippen LogP contribution is 2.17. The second-order valence-corrected chi connectivity index (χ2v) is 8.90. The van der Waals surface area contributed by atoms with Crippen molar-refractivity contribution in [3.63, 3.8) is 0 Å². The van der Waals surface area contributed by atoms with Crippen molar-refractivity contribution < 1.29 is 16.8 Å². The predicted octanol–water partition coefficient (Wildman–Crippen LogP) is -0.660. The Morgan fingerprint density at radius 2 is 2.00 bits per heavy atom. The molecule has 8 heteroatoms. The van der Waals surface area contributed by atoms with Gasteiger partial charge in [0.05, 0.1) is 17.3 Å². The zero-order chi connectivity index (χ0) is 13.6. The summed E-state index contributed by atoms with van der Waals surface area (Å²) in [4.78, 5) is 0. The van der Waals surface area contributed by atoms with Crippen molar-refractivity contribution in [2.45, 2.75) is 19.3 Å². The Morgan fingerprint density at radius 3 is 2.56 bits per heavy atom. The third-order valence-corrected chi connectivity index (χ3v) is 6.28. The maximum Gasteiger partial charge on any atom is 0.211 e. The summed E-state index contributed by atoms with van der Waals surface area (Å²) >= 11 is 0. The molecule has 0 saturated carbocycles. The number of sulfonamides is 1. The number of rotatable bonds is 8. The summed E-state index contributed by atoms with van der Waals surface area (Å²) in [5.41, 5.74) is 0. The van der Waals surface area contributed by atoms with Crippen LogP contribution in [0.25, 0.3) is 0 Å². The quantitative estimate of drug-likeness (QED) is 0.580. The van der Waals surface area contributed by atoms with Gasteiger partial charge in [-0.15, -0.1) is 0 Å². The number of nitrogens with one attached hydrogen (secondary N) is 2. The zero-order valence-corrected chi connectivity index (χ0v) is 12.3. The second-order valence-electron chi connectivity index (χ2n) is 4.75. The first-order valence-electron chi connectivity index (χ1n) is 6.17. The lowest BCUT2D eigenvalue weighted by Crippen LogP contribution is -2.32. The van der Waals surface area contributed by atoms with E-state index in [2.05, 4.69) is 10.0 Å². The molecule has 1 fully saturated rings. The van der Waals surface area contributed by atoms with Gasteiger partial charge in [0.2, 0.25) is 10.0 Å². The minimum Gasteiger partial charge on any atom is -0.320 e. The van der Waals surface area contributed by atoms with Crippen LogP contribution in [0, 0.1) is 5.92 Å². The fourth-order valence-electron chi connectivity index (χ4n) is 1.94. The van der Waals surface area contributed by atoms with Gasteiger partial charge in [-0.1, -0.05) is 0 Å². The molecule has 0 aromatic carbocycles. The first-order valence-corrected chi connectivity index (χ1v) is 9.64. The van der Waals surface area contributed by atoms with Crippen LogP contribution in [-0.2, 0) is 19.9 Å². The summed E-state index contributed by atoms with van der Waals surface area (Å²) in [5, 5.41) is 2.96. The van der Waals surface area contributed by atoms with E-state index in [0.717, 1.165) is 13.0 Å². The van der Waals surface area contributed by atoms with Crippen LogP contribution in [0.15, 0.2) is 0 Å². The molecule has 1 unspecified atom stereocenters. The van der Waals surface area contributed by atoms with E-state index in [4.69, 9.17) is 0 Å². The monoisotopic (exact) mass is 298 g/mol. The van der Waals surface area contributed by atoms with Gasteiger partial charge in [-0.25, -0.2) is 21.6 Å². The fraction of sp³-hybridized carbons (Fsp3) is 1.00. The third kappa shape index (κ3) is 6.12. The van der Waals surface area contributed by atoms with E-state index in [1.807, 2.05) is 7.05 Å². The van der Waals surface area contributed by atoms with Gasteiger partial charge in [-0.05, 0) is 38.8 Å². The van der Waals surface area contributed by atoms with Crippen molar-refractivity contribution in [3.8, 4) is 0 Å². The van der Waals surface area contributed by atoms with Crippen LogP contribution < -0.4 is 10.0 Å². The van der Waals surface area contributed by atoms with Crippen molar-refractivity contribution in [1.29, 1.82) is 0 Å². The molecule has 1 saturated heterocycles. The van der Waals surface area contributed by atoms with Crippen LogP contribution in [0.1, 0.15) is 19.3 Å². The molecule has 18 heavy (non-hydrogen) atoms. The molecule has 0 aromatic rings. The Kier molecular flexibility index (Phi) is 6.03. The lowest BCUT2D eigenvalue weighted by atomic mass is 10.1. The van der Waals surface area contributed by atoms with E-state index in [9.17, 15) is 16.8 Å². The highest BCUT2D eigenvalue weighted by Gasteiger charge is 2.28. The Hall–Kier alpha value is -0.180. The summed E-state index contributed by atoms with van der Waals surface area (Å²) in [7, 11) is -4.36. The minimum atomic E-state index is -3.26. The number of unbranched alkanes of at least 4 members (excludes halogenated alkanes) is 1. The van der Waals surface area contributed by atoms with Crippen molar-refractivity contribution in [2.24, 2.45) is 5.92 Å². The molecule has 1 aliphatic rings. The molecular weight excluding hydrogens is 276 g/mol. The van der Waals surface area contributed by atoms with Gasteiger partial charge in [0.15, 0.2) is 9.84 Å². The zero-order valence-electron chi connectivity index (χ0n) is 10.7. The molecule has 1 rings (SSSR count). The SMILES string of the molecule is CNCCCCS(=O)(=O)NCC1CCS(=O)(=O)C1. The van der Waals surface area contributed by atoms with E-state index < -0.39 is 19.9 Å². The maximum absolute atomic E-state index is 11.6. The lowest BCUT2D eigenvalue weighted by Gasteiger charge is -2.10. The van der Waals surface area contributed by atoms with E-state index in [1.54, 1.807) is 0 Å². The predicted molar refractivity (Wildman–Crippen MR) is 71.7 cm³/mol. The van der Waals surface area contributed by atoms with Gasteiger partial charge in [0, 0.05) is 6.54 Å². The van der Waals surface area contributed by atoms with Crippen molar-refractivity contribution in [1.82, 2.24) is 10.0 Å². The molecule has 6 nitrogen and oxygen atoms in total. The van der Waals surface area contributed by atoms with E-state index in [0.29, 0.717) is 12.8 Å². The number of hydrogen-bond donors (Lipinski definition) is 2. The molecule has 1 heterocycles. The maximum atomic E-state index is 11.6. The van der Waals surface area contributed by atoms with Crippen LogP contribution in [0.5, 0.6) is 0 Å². The van der Waals surface area contributed by atoms with Crippen molar-refractivity contribution >= 4 is 19.9 Å². The van der Waals surface area contributed by atoms with Crippen LogP contribution in [0.3, 0.4) is 0 Å². The van der Waals surface area contributed by atoms with Gasteiger partial charge >= 0.3 is 0 Å². The largest absolute Gasteiger partial charge is 0.320 e. The summed E-state index contributed by atoms with van der Waals surface area (Å²) in [6, 6.07) is 0. The smallest absolute Gasteiger partial charge is 0.211 e. The molecular formula is C10H22N2O4S2. The molecule has 0 spiro atoms. The van der Waals surface area contributed by atoms with Gasteiger partial charge in [-0.2, -0.15) is 0 Å². The van der Waals surface area contributed by atoms with E-state index >= 15 is 0 Å². The molecule has 0 radical (unpaired) electrons. The van der Waals surface area contributed by atoms with Gasteiger partial charge in [-0.3, -0.25) is 0 Å². The highest BCUT2D eigenvalue weighted by molar-refractivity contribution is 7.91. The summed E-state index contributed by atoms with van der Waals surface area (Å²) in [6.07, 6.45) is 1.99. The average Bonchev–Trinajstić information content (AvgIpc) is 2.62. The first-order chi connectivity index (χ1) is 8.35. The Balaban J connectivity index is 2.25. The van der Waals surface area contributed by atoms with Gasteiger partial charge in [0.1, 0.15) is 0 Å². The van der Waals surface area contributed by atoms with Gasteiger partial charge < -0.3 is 5.32 Å². The van der Waals surface area contributed by atoms with Crippen LogP contribution in [0.2, 0.25) is 0 Å². The second kappa shape index (κ2) is 6.83. The molecule has 1 aliphatic heterocycles. The first kappa shape index (κ1) is 15.9. The van der Waals surface area contributed by atoms with E-state index in [1.165, 1.54) is 0 Å². The molecule has 0 aliphatic carbocycles. The molecule has 1 atom stereocenters. The Bertz CT molecular complexity index is 444. The van der Waals surface area contributed by atoms with E-state index in [-0.39, 0.29) is 29.7 Å². The standard InChI is InChI=1S/C10H22N2O4S2/c1-11-5-2-3-6-18(15,16)12-8-10-4-7-17(13,14)9-10/h10-12H,2-9H2,1H3. The normalized spacial score (nSPS) is 23.3.